The molecule has 2 aliphatic carbocycles. The van der Waals surface area contributed by atoms with Crippen LogP contribution in [0.15, 0.2) is 200 Å². The summed E-state index contributed by atoms with van der Waals surface area (Å²) in [5.41, 5.74) is 18.0. The van der Waals surface area contributed by atoms with Crippen molar-refractivity contribution in [3.05, 3.63) is 234 Å². The fourth-order valence-electron chi connectivity index (χ4n) is 11.0. The van der Waals surface area contributed by atoms with Crippen LogP contribution in [0.1, 0.15) is 47.2 Å². The van der Waals surface area contributed by atoms with Gasteiger partial charge in [0.15, 0.2) is 0 Å². The molecular weight excluding hydrogens is 759 g/mol. The highest BCUT2D eigenvalue weighted by Gasteiger charge is 2.51. The van der Waals surface area contributed by atoms with E-state index in [9.17, 15) is 0 Å². The minimum Gasteiger partial charge on any atom is -0.457 e. The van der Waals surface area contributed by atoms with E-state index >= 15 is 0 Å². The van der Waals surface area contributed by atoms with Crippen molar-refractivity contribution in [3.63, 3.8) is 0 Å². The summed E-state index contributed by atoms with van der Waals surface area (Å²) in [5.74, 6) is 1.81. The second kappa shape index (κ2) is 12.7. The van der Waals surface area contributed by atoms with Crippen LogP contribution in [0.5, 0.6) is 11.5 Å². The molecule has 0 saturated carbocycles. The number of hydrogen-bond acceptors (Lipinski definition) is 3. The number of nitrogens with zero attached hydrogens (tertiary/aromatic N) is 1. The van der Waals surface area contributed by atoms with E-state index in [-0.39, 0.29) is 5.41 Å². The molecule has 0 saturated heterocycles. The fourth-order valence-corrected chi connectivity index (χ4v) is 12.2. The van der Waals surface area contributed by atoms with Crippen LogP contribution >= 0.6 is 11.3 Å². The second-order valence-corrected chi connectivity index (χ2v) is 18.2. The van der Waals surface area contributed by atoms with Gasteiger partial charge in [-0.15, -0.1) is 11.3 Å². The molecule has 0 amide bonds. The Morgan fingerprint density at radius 1 is 0.410 bits per heavy atom. The maximum absolute atomic E-state index is 6.64. The number of para-hydroxylation sites is 2. The summed E-state index contributed by atoms with van der Waals surface area (Å²) in [4.78, 5) is 2.50. The zero-order valence-corrected chi connectivity index (χ0v) is 34.6. The lowest BCUT2D eigenvalue weighted by Gasteiger charge is -2.39. The van der Waals surface area contributed by atoms with Crippen LogP contribution in [0.3, 0.4) is 0 Å². The van der Waals surface area contributed by atoms with Crippen molar-refractivity contribution in [1.82, 2.24) is 0 Å². The molecule has 0 atom stereocenters. The molecule has 3 heteroatoms. The maximum Gasteiger partial charge on any atom is 0.132 e. The van der Waals surface area contributed by atoms with Crippen LogP contribution in [0.4, 0.5) is 17.1 Å². The summed E-state index contributed by atoms with van der Waals surface area (Å²) in [6.07, 6.45) is 0. The summed E-state index contributed by atoms with van der Waals surface area (Å²) in [6, 6.07) is 74.1. The summed E-state index contributed by atoms with van der Waals surface area (Å²) in [7, 11) is 0. The van der Waals surface area contributed by atoms with Crippen molar-refractivity contribution in [3.8, 4) is 44.9 Å². The van der Waals surface area contributed by atoms with Gasteiger partial charge in [0, 0.05) is 43.4 Å². The minimum atomic E-state index is -0.525. The largest absolute Gasteiger partial charge is 0.457 e. The Balaban J connectivity index is 1.02. The van der Waals surface area contributed by atoms with Crippen molar-refractivity contribution in [2.45, 2.75) is 24.7 Å². The Morgan fingerprint density at radius 3 is 1.79 bits per heavy atom. The first-order chi connectivity index (χ1) is 30.0. The van der Waals surface area contributed by atoms with E-state index in [0.29, 0.717) is 0 Å². The van der Waals surface area contributed by atoms with Gasteiger partial charge in [-0.3, -0.25) is 0 Å². The van der Waals surface area contributed by atoms with Gasteiger partial charge in [0.05, 0.1) is 15.8 Å². The van der Waals surface area contributed by atoms with Crippen molar-refractivity contribution in [2.75, 3.05) is 4.90 Å². The summed E-state index contributed by atoms with van der Waals surface area (Å²) >= 11 is 1.88. The first-order valence-corrected chi connectivity index (χ1v) is 22.0. The molecule has 9 aromatic carbocycles. The van der Waals surface area contributed by atoms with Gasteiger partial charge in [-0.2, -0.15) is 0 Å². The van der Waals surface area contributed by atoms with Crippen molar-refractivity contribution < 1.29 is 4.74 Å². The molecule has 0 radical (unpaired) electrons. The first kappa shape index (κ1) is 34.6. The van der Waals surface area contributed by atoms with Crippen molar-refractivity contribution in [2.24, 2.45) is 0 Å². The summed E-state index contributed by atoms with van der Waals surface area (Å²) in [5, 5.41) is 2.58. The number of rotatable bonds is 4. The van der Waals surface area contributed by atoms with Crippen LogP contribution in [0.25, 0.3) is 53.6 Å². The first-order valence-electron chi connectivity index (χ1n) is 21.2. The standard InChI is InChI=1S/C58H39NOS/c1-57(2)46-21-6-3-17-40(46)42-32-30-39(35-50(42)57)59(52-25-14-20-45-44-19-5-12-28-55(44)61-56(45)52)38-16-13-15-36(33-38)37-29-31-43-41-18-4-7-22-47(41)58(51(43)34-37)48-23-8-10-26-53(48)60-54-27-11-9-24-49(54)58/h3-35H,1-2H3. The van der Waals surface area contributed by atoms with E-state index in [1.807, 2.05) is 11.3 Å². The Morgan fingerprint density at radius 2 is 0.984 bits per heavy atom. The molecule has 61 heavy (non-hydrogen) atoms. The Labute approximate surface area is 359 Å². The van der Waals surface area contributed by atoms with E-state index in [2.05, 4.69) is 219 Å². The van der Waals surface area contributed by atoms with E-state index in [0.717, 1.165) is 22.9 Å². The Bertz CT molecular complexity index is 3420. The number of benzene rings is 9. The third-order valence-electron chi connectivity index (χ3n) is 13.7. The number of ether oxygens (including phenoxy) is 1. The molecule has 2 nitrogen and oxygen atoms in total. The monoisotopic (exact) mass is 797 g/mol. The highest BCUT2D eigenvalue weighted by atomic mass is 32.1. The van der Waals surface area contributed by atoms with Gasteiger partial charge in [-0.1, -0.05) is 159 Å². The number of thiophene rings is 1. The van der Waals surface area contributed by atoms with E-state index in [1.54, 1.807) is 0 Å². The van der Waals surface area contributed by atoms with Gasteiger partial charge in [0.2, 0.25) is 0 Å². The van der Waals surface area contributed by atoms with E-state index in [4.69, 9.17) is 4.74 Å². The van der Waals surface area contributed by atoms with Gasteiger partial charge in [-0.05, 0) is 110 Å². The molecule has 0 N–H and O–H groups in total. The van der Waals surface area contributed by atoms with Crippen LogP contribution in [-0.4, -0.2) is 0 Å². The van der Waals surface area contributed by atoms with Crippen LogP contribution < -0.4 is 9.64 Å². The van der Waals surface area contributed by atoms with Crippen molar-refractivity contribution >= 4 is 48.6 Å². The molecule has 2 heterocycles. The lowest BCUT2D eigenvalue weighted by Crippen LogP contribution is -2.32. The predicted molar refractivity (Wildman–Crippen MR) is 254 cm³/mol. The van der Waals surface area contributed by atoms with Crippen LogP contribution in [-0.2, 0) is 10.8 Å². The molecule has 0 fully saturated rings. The van der Waals surface area contributed by atoms with Gasteiger partial charge in [0.1, 0.15) is 11.5 Å². The number of hydrogen-bond donors (Lipinski definition) is 0. The molecule has 10 aromatic rings. The van der Waals surface area contributed by atoms with Crippen LogP contribution in [0, 0.1) is 0 Å². The molecule has 0 unspecified atom stereocenters. The zero-order valence-electron chi connectivity index (χ0n) is 33.8. The predicted octanol–water partition coefficient (Wildman–Crippen LogP) is 16.0. The van der Waals surface area contributed by atoms with Gasteiger partial charge in [0.25, 0.3) is 0 Å². The van der Waals surface area contributed by atoms with Gasteiger partial charge in [-0.25, -0.2) is 0 Å². The SMILES string of the molecule is CC1(C)c2ccccc2-c2ccc(N(c3cccc(-c4ccc5c(c4)C4(c6ccccc6Oc6ccccc64)c4ccccc4-5)c3)c3cccc4c3sc3ccccc34)cc21. The van der Waals surface area contributed by atoms with Crippen molar-refractivity contribution in [1.29, 1.82) is 0 Å². The number of fused-ring (bicyclic) bond motifs is 15. The lowest BCUT2D eigenvalue weighted by molar-refractivity contribution is 0.436. The normalized spacial score (nSPS) is 14.5. The quantitative estimate of drug-likeness (QED) is 0.176. The maximum atomic E-state index is 6.64. The highest BCUT2D eigenvalue weighted by molar-refractivity contribution is 7.26. The average Bonchev–Trinajstić information content (AvgIpc) is 3.91. The molecule has 3 aliphatic rings. The molecule has 0 bridgehead atoms. The summed E-state index contributed by atoms with van der Waals surface area (Å²) in [6.45, 7) is 4.74. The molecule has 1 aromatic heterocycles. The Kier molecular flexibility index (Phi) is 7.19. The summed E-state index contributed by atoms with van der Waals surface area (Å²) < 4.78 is 9.22. The number of anilines is 3. The molecule has 288 valence electrons. The third-order valence-corrected chi connectivity index (χ3v) is 14.9. The smallest absolute Gasteiger partial charge is 0.132 e. The fraction of sp³-hybridized carbons (Fsp3) is 0.0690. The van der Waals surface area contributed by atoms with E-state index in [1.165, 1.54) is 92.6 Å². The van der Waals surface area contributed by atoms with Crippen LogP contribution in [0.2, 0.25) is 0 Å². The highest BCUT2D eigenvalue weighted by Crippen LogP contribution is 2.62. The molecule has 1 spiro atoms. The molecule has 1 aliphatic heterocycles. The lowest BCUT2D eigenvalue weighted by atomic mass is 9.66. The molecular formula is C58H39NOS. The Hall–Kier alpha value is -7.20. The zero-order chi connectivity index (χ0) is 40.5. The second-order valence-electron chi connectivity index (χ2n) is 17.2. The topological polar surface area (TPSA) is 12.5 Å². The minimum absolute atomic E-state index is 0.127. The third kappa shape index (κ3) is 4.73. The van der Waals surface area contributed by atoms with Gasteiger partial charge < -0.3 is 9.64 Å². The molecule has 13 rings (SSSR count). The van der Waals surface area contributed by atoms with Gasteiger partial charge >= 0.3 is 0 Å². The van der Waals surface area contributed by atoms with E-state index < -0.39 is 5.41 Å². The average molecular weight is 798 g/mol.